The fraction of sp³-hybridized carbons (Fsp3) is 0.0667. The summed E-state index contributed by atoms with van der Waals surface area (Å²) in [6.07, 6.45) is 0. The molecule has 2 aromatic carbocycles. The first kappa shape index (κ1) is 17.1. The molecule has 0 radical (unpaired) electrons. The van der Waals surface area contributed by atoms with Crippen molar-refractivity contribution in [3.63, 3.8) is 0 Å². The standard InChI is InChI=1S/C15H11Cl2FN2O3/c16-11-4-2-9(6-12(11)17)20-14(21)7-23-15(22)10-3-1-8(18)5-13(10)19/h1-6H,7,19H2,(H,20,21). The van der Waals surface area contributed by atoms with E-state index in [4.69, 9.17) is 33.7 Å². The van der Waals surface area contributed by atoms with Crippen LogP contribution in [0.25, 0.3) is 0 Å². The van der Waals surface area contributed by atoms with Gasteiger partial charge < -0.3 is 15.8 Å². The number of nitrogens with two attached hydrogens (primary N) is 1. The zero-order valence-electron chi connectivity index (χ0n) is 11.6. The van der Waals surface area contributed by atoms with Crippen LogP contribution in [-0.4, -0.2) is 18.5 Å². The normalized spacial score (nSPS) is 10.2. The van der Waals surface area contributed by atoms with E-state index in [0.29, 0.717) is 10.7 Å². The van der Waals surface area contributed by atoms with Crippen molar-refractivity contribution in [3.8, 4) is 0 Å². The van der Waals surface area contributed by atoms with E-state index in [1.54, 1.807) is 6.07 Å². The molecule has 0 spiro atoms. The Bertz CT molecular complexity index is 768. The molecular formula is C15H11Cl2FN2O3. The quantitative estimate of drug-likeness (QED) is 0.648. The predicted octanol–water partition coefficient (Wildman–Crippen LogP) is 3.51. The Morgan fingerprint density at radius 2 is 1.87 bits per heavy atom. The number of anilines is 2. The largest absolute Gasteiger partial charge is 0.452 e. The molecule has 0 fully saturated rings. The predicted molar refractivity (Wildman–Crippen MR) is 86.2 cm³/mol. The van der Waals surface area contributed by atoms with Gasteiger partial charge in [0.15, 0.2) is 6.61 Å². The van der Waals surface area contributed by atoms with E-state index in [0.717, 1.165) is 12.1 Å². The molecule has 2 rings (SSSR count). The average molecular weight is 357 g/mol. The molecule has 0 aromatic heterocycles. The molecule has 0 bridgehead atoms. The lowest BCUT2D eigenvalue weighted by molar-refractivity contribution is -0.119. The van der Waals surface area contributed by atoms with Crippen molar-refractivity contribution >= 4 is 46.5 Å². The maximum absolute atomic E-state index is 12.9. The Hall–Kier alpha value is -2.31. The van der Waals surface area contributed by atoms with Gasteiger partial charge in [0, 0.05) is 11.4 Å². The smallest absolute Gasteiger partial charge is 0.340 e. The molecule has 0 unspecified atom stereocenters. The van der Waals surface area contributed by atoms with Crippen LogP contribution in [0.4, 0.5) is 15.8 Å². The minimum Gasteiger partial charge on any atom is -0.452 e. The van der Waals surface area contributed by atoms with Crippen LogP contribution in [0.5, 0.6) is 0 Å². The molecule has 0 atom stereocenters. The molecule has 23 heavy (non-hydrogen) atoms. The lowest BCUT2D eigenvalue weighted by Crippen LogP contribution is -2.21. The van der Waals surface area contributed by atoms with Gasteiger partial charge in [-0.1, -0.05) is 23.2 Å². The molecule has 0 heterocycles. The maximum atomic E-state index is 12.9. The van der Waals surface area contributed by atoms with Crippen molar-refractivity contribution < 1.29 is 18.7 Å². The summed E-state index contributed by atoms with van der Waals surface area (Å²) in [5, 5.41) is 3.12. The summed E-state index contributed by atoms with van der Waals surface area (Å²) in [7, 11) is 0. The number of ether oxygens (including phenoxy) is 1. The van der Waals surface area contributed by atoms with Crippen molar-refractivity contribution in [3.05, 3.63) is 57.8 Å². The van der Waals surface area contributed by atoms with Gasteiger partial charge in [-0.15, -0.1) is 0 Å². The van der Waals surface area contributed by atoms with Gasteiger partial charge in [-0.05, 0) is 36.4 Å². The van der Waals surface area contributed by atoms with Crippen LogP contribution in [0.2, 0.25) is 10.0 Å². The van der Waals surface area contributed by atoms with E-state index < -0.39 is 24.3 Å². The molecule has 2 aromatic rings. The van der Waals surface area contributed by atoms with Crippen molar-refractivity contribution in [2.24, 2.45) is 0 Å². The van der Waals surface area contributed by atoms with Gasteiger partial charge in [0.2, 0.25) is 0 Å². The summed E-state index contributed by atoms with van der Waals surface area (Å²) in [6.45, 7) is -0.532. The van der Waals surface area contributed by atoms with Crippen LogP contribution in [0, 0.1) is 5.82 Å². The number of hydrogen-bond donors (Lipinski definition) is 2. The Morgan fingerprint density at radius 1 is 1.13 bits per heavy atom. The number of nitrogens with one attached hydrogen (secondary N) is 1. The van der Waals surface area contributed by atoms with Crippen molar-refractivity contribution in [2.75, 3.05) is 17.7 Å². The number of benzene rings is 2. The zero-order valence-corrected chi connectivity index (χ0v) is 13.1. The molecule has 0 saturated heterocycles. The summed E-state index contributed by atoms with van der Waals surface area (Å²) in [6, 6.07) is 7.77. The lowest BCUT2D eigenvalue weighted by Gasteiger charge is -2.08. The van der Waals surface area contributed by atoms with E-state index in [1.165, 1.54) is 18.2 Å². The number of carbonyl (C=O) groups excluding carboxylic acids is 2. The fourth-order valence-electron chi connectivity index (χ4n) is 1.70. The first-order valence-electron chi connectivity index (χ1n) is 6.34. The monoisotopic (exact) mass is 356 g/mol. The molecule has 0 aliphatic rings. The number of carbonyl (C=O) groups is 2. The Morgan fingerprint density at radius 3 is 2.52 bits per heavy atom. The van der Waals surface area contributed by atoms with Gasteiger partial charge >= 0.3 is 5.97 Å². The molecule has 1 amide bonds. The van der Waals surface area contributed by atoms with E-state index in [1.807, 2.05) is 0 Å². The zero-order chi connectivity index (χ0) is 17.0. The summed E-state index contributed by atoms with van der Waals surface area (Å²) < 4.78 is 17.7. The molecule has 3 N–H and O–H groups in total. The number of rotatable bonds is 4. The molecule has 8 heteroatoms. The molecular weight excluding hydrogens is 346 g/mol. The number of esters is 1. The summed E-state index contributed by atoms with van der Waals surface area (Å²) in [4.78, 5) is 23.5. The SMILES string of the molecule is Nc1cc(F)ccc1C(=O)OCC(=O)Nc1ccc(Cl)c(Cl)c1. The van der Waals surface area contributed by atoms with Crippen LogP contribution in [-0.2, 0) is 9.53 Å². The summed E-state index contributed by atoms with van der Waals surface area (Å²) in [5.74, 6) is -1.97. The highest BCUT2D eigenvalue weighted by atomic mass is 35.5. The van der Waals surface area contributed by atoms with Crippen molar-refractivity contribution in [1.82, 2.24) is 0 Å². The second-order valence-electron chi connectivity index (χ2n) is 4.48. The fourth-order valence-corrected chi connectivity index (χ4v) is 2.00. The van der Waals surface area contributed by atoms with Gasteiger partial charge in [-0.2, -0.15) is 0 Å². The van der Waals surface area contributed by atoms with E-state index >= 15 is 0 Å². The second-order valence-corrected chi connectivity index (χ2v) is 5.30. The Balaban J connectivity index is 1.93. The van der Waals surface area contributed by atoms with E-state index in [-0.39, 0.29) is 16.3 Å². The average Bonchev–Trinajstić information content (AvgIpc) is 2.48. The minimum atomic E-state index is -0.827. The number of hydrogen-bond acceptors (Lipinski definition) is 4. The first-order chi connectivity index (χ1) is 10.9. The number of halogens is 3. The van der Waals surface area contributed by atoms with Crippen LogP contribution in [0.3, 0.4) is 0 Å². The van der Waals surface area contributed by atoms with E-state index in [9.17, 15) is 14.0 Å². The first-order valence-corrected chi connectivity index (χ1v) is 7.09. The molecule has 0 aliphatic carbocycles. The Labute approximate surface area is 141 Å². The minimum absolute atomic E-state index is 0.0197. The van der Waals surface area contributed by atoms with Crippen LogP contribution >= 0.6 is 23.2 Å². The highest BCUT2D eigenvalue weighted by Crippen LogP contribution is 2.25. The summed E-state index contributed by atoms with van der Waals surface area (Å²) >= 11 is 11.6. The third kappa shape index (κ3) is 4.58. The number of amides is 1. The Kier molecular flexibility index (Phi) is 5.41. The van der Waals surface area contributed by atoms with Crippen LogP contribution in [0.15, 0.2) is 36.4 Å². The second kappa shape index (κ2) is 7.30. The molecule has 120 valence electrons. The van der Waals surface area contributed by atoms with Gasteiger partial charge in [-0.25, -0.2) is 9.18 Å². The van der Waals surface area contributed by atoms with Gasteiger partial charge in [-0.3, -0.25) is 4.79 Å². The topological polar surface area (TPSA) is 81.4 Å². The third-order valence-corrected chi connectivity index (χ3v) is 3.51. The van der Waals surface area contributed by atoms with Crippen molar-refractivity contribution in [1.29, 1.82) is 0 Å². The van der Waals surface area contributed by atoms with Crippen LogP contribution < -0.4 is 11.1 Å². The van der Waals surface area contributed by atoms with E-state index in [2.05, 4.69) is 5.32 Å². The maximum Gasteiger partial charge on any atom is 0.340 e. The third-order valence-electron chi connectivity index (χ3n) is 2.77. The number of nitrogen functional groups attached to an aromatic ring is 1. The van der Waals surface area contributed by atoms with Gasteiger partial charge in [0.1, 0.15) is 5.82 Å². The highest BCUT2D eigenvalue weighted by Gasteiger charge is 2.14. The van der Waals surface area contributed by atoms with Gasteiger partial charge in [0.25, 0.3) is 5.91 Å². The van der Waals surface area contributed by atoms with Crippen molar-refractivity contribution in [2.45, 2.75) is 0 Å². The molecule has 0 aliphatic heterocycles. The molecule has 0 saturated carbocycles. The molecule has 5 nitrogen and oxygen atoms in total. The highest BCUT2D eigenvalue weighted by molar-refractivity contribution is 6.42. The summed E-state index contributed by atoms with van der Waals surface area (Å²) in [5.41, 5.74) is 5.83. The lowest BCUT2D eigenvalue weighted by atomic mass is 10.2. The van der Waals surface area contributed by atoms with Gasteiger partial charge in [0.05, 0.1) is 15.6 Å². The van der Waals surface area contributed by atoms with Crippen LogP contribution in [0.1, 0.15) is 10.4 Å².